The first-order valence-corrected chi connectivity index (χ1v) is 6.74. The Hall–Kier alpha value is -0.160. The van der Waals surface area contributed by atoms with E-state index in [2.05, 4.69) is 11.8 Å². The van der Waals surface area contributed by atoms with Crippen LogP contribution in [0.2, 0.25) is 0 Å². The van der Waals surface area contributed by atoms with Crippen LogP contribution in [0.4, 0.5) is 0 Å². The van der Waals surface area contributed by atoms with Gasteiger partial charge in [0, 0.05) is 31.7 Å². The largest absolute Gasteiger partial charge is 0.396 e. The van der Waals surface area contributed by atoms with Gasteiger partial charge in [-0.15, -0.1) is 0 Å². The van der Waals surface area contributed by atoms with Gasteiger partial charge in [0.2, 0.25) is 0 Å². The molecule has 4 nitrogen and oxygen atoms in total. The maximum atomic E-state index is 9.70. The second-order valence-corrected chi connectivity index (χ2v) is 6.19. The average Bonchev–Trinajstić information content (AvgIpc) is 2.57. The zero-order valence-corrected chi connectivity index (χ0v) is 10.7. The van der Waals surface area contributed by atoms with Crippen molar-refractivity contribution in [1.29, 1.82) is 0 Å². The fourth-order valence-electron chi connectivity index (χ4n) is 3.56. The van der Waals surface area contributed by atoms with E-state index < -0.39 is 12.2 Å². The first-order valence-electron chi connectivity index (χ1n) is 6.74. The number of aliphatic hydroxyl groups is 3. The fraction of sp³-hybridized carbons (Fsp3) is 1.00. The van der Waals surface area contributed by atoms with Crippen LogP contribution in [-0.2, 0) is 0 Å². The third kappa shape index (κ3) is 2.99. The molecule has 0 aromatic heterocycles. The van der Waals surface area contributed by atoms with Crippen LogP contribution in [0, 0.1) is 11.3 Å². The standard InChI is InChI=1S/C13H25NO3/c1-10-3-2-4-13(5-10,9-15)8-14-6-11(16)12(17)7-14/h10-12,15-17H,2-9H2,1H3. The molecule has 2 aliphatic rings. The Balaban J connectivity index is 1.95. The lowest BCUT2D eigenvalue weighted by Crippen LogP contribution is -2.42. The molecule has 0 aromatic rings. The van der Waals surface area contributed by atoms with Crippen molar-refractivity contribution in [2.45, 2.75) is 44.8 Å². The number of hydrogen-bond acceptors (Lipinski definition) is 4. The van der Waals surface area contributed by atoms with Gasteiger partial charge in [0.25, 0.3) is 0 Å². The molecule has 4 atom stereocenters. The normalized spacial score (nSPS) is 44.1. The van der Waals surface area contributed by atoms with E-state index in [9.17, 15) is 15.3 Å². The Morgan fingerprint density at radius 1 is 1.24 bits per heavy atom. The molecule has 1 saturated carbocycles. The smallest absolute Gasteiger partial charge is 0.0938 e. The highest BCUT2D eigenvalue weighted by atomic mass is 16.3. The van der Waals surface area contributed by atoms with Crippen LogP contribution >= 0.6 is 0 Å². The molecule has 1 heterocycles. The van der Waals surface area contributed by atoms with Gasteiger partial charge in [-0.2, -0.15) is 0 Å². The van der Waals surface area contributed by atoms with Crippen LogP contribution in [0.3, 0.4) is 0 Å². The molecular formula is C13H25NO3. The Kier molecular flexibility index (Phi) is 4.08. The first-order chi connectivity index (χ1) is 8.04. The van der Waals surface area contributed by atoms with Crippen molar-refractivity contribution < 1.29 is 15.3 Å². The number of rotatable bonds is 3. The predicted octanol–water partition coefficient (Wildman–Crippen LogP) is 0.213. The Bertz CT molecular complexity index is 251. The maximum Gasteiger partial charge on any atom is 0.0938 e. The van der Waals surface area contributed by atoms with Crippen molar-refractivity contribution in [1.82, 2.24) is 4.90 Å². The van der Waals surface area contributed by atoms with Gasteiger partial charge >= 0.3 is 0 Å². The molecule has 4 unspecified atom stereocenters. The van der Waals surface area contributed by atoms with Gasteiger partial charge in [-0.25, -0.2) is 0 Å². The molecule has 1 saturated heterocycles. The monoisotopic (exact) mass is 243 g/mol. The Morgan fingerprint density at radius 3 is 2.41 bits per heavy atom. The highest BCUT2D eigenvalue weighted by molar-refractivity contribution is 4.92. The van der Waals surface area contributed by atoms with Gasteiger partial charge in [-0.3, -0.25) is 4.90 Å². The van der Waals surface area contributed by atoms with Crippen LogP contribution in [0.25, 0.3) is 0 Å². The zero-order valence-electron chi connectivity index (χ0n) is 10.7. The van der Waals surface area contributed by atoms with E-state index in [1.807, 2.05) is 0 Å². The molecule has 4 heteroatoms. The number of aliphatic hydroxyl groups excluding tert-OH is 3. The van der Waals surface area contributed by atoms with E-state index in [-0.39, 0.29) is 12.0 Å². The lowest BCUT2D eigenvalue weighted by Gasteiger charge is -2.41. The highest BCUT2D eigenvalue weighted by Gasteiger charge is 2.39. The van der Waals surface area contributed by atoms with Crippen LogP contribution in [0.15, 0.2) is 0 Å². The van der Waals surface area contributed by atoms with Gasteiger partial charge in [-0.1, -0.05) is 19.8 Å². The van der Waals surface area contributed by atoms with Gasteiger partial charge in [-0.05, 0) is 18.8 Å². The summed E-state index contributed by atoms with van der Waals surface area (Å²) >= 11 is 0. The molecule has 0 bridgehead atoms. The van der Waals surface area contributed by atoms with Crippen LogP contribution in [0.5, 0.6) is 0 Å². The second-order valence-electron chi connectivity index (χ2n) is 6.19. The minimum absolute atomic E-state index is 0.0125. The van der Waals surface area contributed by atoms with Crippen molar-refractivity contribution in [3.63, 3.8) is 0 Å². The number of likely N-dealkylation sites (tertiary alicyclic amines) is 1. The quantitative estimate of drug-likeness (QED) is 0.663. The molecule has 2 rings (SSSR count). The third-order valence-corrected chi connectivity index (χ3v) is 4.41. The molecule has 0 spiro atoms. The first kappa shape index (κ1) is 13.3. The summed E-state index contributed by atoms with van der Waals surface area (Å²) in [5.41, 5.74) is -0.0125. The van der Waals surface area contributed by atoms with Crippen molar-refractivity contribution in [3.05, 3.63) is 0 Å². The topological polar surface area (TPSA) is 63.9 Å². The molecule has 2 fully saturated rings. The van der Waals surface area contributed by atoms with Crippen molar-refractivity contribution in [2.75, 3.05) is 26.2 Å². The molecule has 3 N–H and O–H groups in total. The summed E-state index contributed by atoms with van der Waals surface area (Å²) in [7, 11) is 0. The van der Waals surface area contributed by atoms with Gasteiger partial charge in [0.15, 0.2) is 0 Å². The molecular weight excluding hydrogens is 218 g/mol. The number of hydrogen-bond donors (Lipinski definition) is 3. The zero-order chi connectivity index (χ0) is 12.5. The van der Waals surface area contributed by atoms with E-state index in [4.69, 9.17) is 0 Å². The summed E-state index contributed by atoms with van der Waals surface area (Å²) in [5.74, 6) is 0.674. The van der Waals surface area contributed by atoms with Crippen molar-refractivity contribution in [3.8, 4) is 0 Å². The second kappa shape index (κ2) is 5.22. The molecule has 1 aliphatic heterocycles. The Labute approximate surface area is 103 Å². The summed E-state index contributed by atoms with van der Waals surface area (Å²) in [6, 6.07) is 0. The van der Waals surface area contributed by atoms with Crippen molar-refractivity contribution in [2.24, 2.45) is 11.3 Å². The highest BCUT2D eigenvalue weighted by Crippen LogP contribution is 2.40. The molecule has 0 amide bonds. The van der Waals surface area contributed by atoms with Gasteiger partial charge in [0.1, 0.15) is 0 Å². The van der Waals surface area contributed by atoms with Crippen LogP contribution in [-0.4, -0.2) is 58.7 Å². The molecule has 0 radical (unpaired) electrons. The molecule has 100 valence electrons. The summed E-state index contributed by atoms with van der Waals surface area (Å²) < 4.78 is 0. The lowest BCUT2D eigenvalue weighted by atomic mass is 9.70. The van der Waals surface area contributed by atoms with E-state index in [1.54, 1.807) is 0 Å². The van der Waals surface area contributed by atoms with E-state index in [1.165, 1.54) is 12.8 Å². The minimum Gasteiger partial charge on any atom is -0.396 e. The summed E-state index contributed by atoms with van der Waals surface area (Å²) in [6.45, 7) is 4.35. The van der Waals surface area contributed by atoms with E-state index in [0.717, 1.165) is 19.4 Å². The molecule has 0 aromatic carbocycles. The number of β-amino-alcohol motifs (C(OH)–C–C–N with tert-alkyl or cyclic N) is 2. The van der Waals surface area contributed by atoms with Crippen LogP contribution in [0.1, 0.15) is 32.6 Å². The van der Waals surface area contributed by atoms with Gasteiger partial charge < -0.3 is 15.3 Å². The summed E-state index contributed by atoms with van der Waals surface area (Å²) in [4.78, 5) is 2.10. The Morgan fingerprint density at radius 2 is 1.88 bits per heavy atom. The van der Waals surface area contributed by atoms with Crippen molar-refractivity contribution >= 4 is 0 Å². The van der Waals surface area contributed by atoms with E-state index >= 15 is 0 Å². The lowest BCUT2D eigenvalue weighted by molar-refractivity contribution is 0.0266. The average molecular weight is 243 g/mol. The fourth-order valence-corrected chi connectivity index (χ4v) is 3.56. The summed E-state index contributed by atoms with van der Waals surface area (Å²) in [6.07, 6.45) is 3.33. The third-order valence-electron chi connectivity index (χ3n) is 4.41. The predicted molar refractivity (Wildman–Crippen MR) is 65.6 cm³/mol. The minimum atomic E-state index is -0.619. The summed E-state index contributed by atoms with van der Waals surface area (Å²) in [5, 5.41) is 28.8. The molecule has 1 aliphatic carbocycles. The van der Waals surface area contributed by atoms with E-state index in [0.29, 0.717) is 19.0 Å². The number of nitrogens with zero attached hydrogens (tertiary/aromatic N) is 1. The van der Waals surface area contributed by atoms with Gasteiger partial charge in [0.05, 0.1) is 12.2 Å². The maximum absolute atomic E-state index is 9.70. The molecule has 17 heavy (non-hydrogen) atoms. The SMILES string of the molecule is CC1CCCC(CO)(CN2CC(O)C(O)C2)C1. The van der Waals surface area contributed by atoms with Crippen LogP contribution < -0.4 is 0 Å².